The molecular formula is C17H22N3O4+. The highest BCUT2D eigenvalue weighted by molar-refractivity contribution is 5.67. The van der Waals surface area contributed by atoms with Gasteiger partial charge < -0.3 is 24.8 Å². The minimum Gasteiger partial charge on any atom is -0.441 e. The van der Waals surface area contributed by atoms with E-state index in [2.05, 4.69) is 16.7 Å². The first-order valence-electron chi connectivity index (χ1n) is 8.21. The van der Waals surface area contributed by atoms with Crippen molar-refractivity contribution in [2.45, 2.75) is 37.8 Å². The van der Waals surface area contributed by atoms with E-state index < -0.39 is 6.09 Å². The Kier molecular flexibility index (Phi) is 5.30. The van der Waals surface area contributed by atoms with Crippen molar-refractivity contribution in [2.24, 2.45) is 0 Å². The molecule has 2 aliphatic heterocycles. The van der Waals surface area contributed by atoms with E-state index in [-0.39, 0.29) is 24.4 Å². The number of nitrogens with zero attached hydrogens (tertiary/aromatic N) is 1. The maximum Gasteiger partial charge on any atom is 0.407 e. The van der Waals surface area contributed by atoms with Crippen molar-refractivity contribution in [2.75, 3.05) is 19.8 Å². The van der Waals surface area contributed by atoms with Crippen LogP contribution in [0, 0.1) is 11.3 Å². The first kappa shape index (κ1) is 16.7. The number of nitrogens with two attached hydrogens (primary N) is 1. The molecule has 0 aromatic heterocycles. The second-order valence-electron chi connectivity index (χ2n) is 5.99. The van der Waals surface area contributed by atoms with Crippen molar-refractivity contribution in [3.05, 3.63) is 35.4 Å². The molecule has 1 amide bonds. The van der Waals surface area contributed by atoms with Crippen LogP contribution >= 0.6 is 0 Å². The summed E-state index contributed by atoms with van der Waals surface area (Å²) in [5.41, 5.74) is 1.75. The minimum atomic E-state index is -0.434. The molecular weight excluding hydrogens is 310 g/mol. The molecule has 0 saturated carbocycles. The number of hydrogen-bond acceptors (Lipinski definition) is 5. The average molecular weight is 332 g/mol. The highest BCUT2D eigenvalue weighted by Gasteiger charge is 2.51. The fraction of sp³-hybridized carbons (Fsp3) is 0.529. The summed E-state index contributed by atoms with van der Waals surface area (Å²) >= 11 is 0. The van der Waals surface area contributed by atoms with Crippen molar-refractivity contribution in [1.29, 1.82) is 5.26 Å². The maximum absolute atomic E-state index is 11.6. The zero-order valence-corrected chi connectivity index (χ0v) is 13.6. The summed E-state index contributed by atoms with van der Waals surface area (Å²) in [5, 5.41) is 13.7. The van der Waals surface area contributed by atoms with E-state index >= 15 is 0 Å². The Morgan fingerprint density at radius 1 is 1.42 bits per heavy atom. The fourth-order valence-corrected chi connectivity index (χ4v) is 3.18. The van der Waals surface area contributed by atoms with Gasteiger partial charge in [-0.25, -0.2) is 4.79 Å². The van der Waals surface area contributed by atoms with E-state index in [4.69, 9.17) is 19.5 Å². The van der Waals surface area contributed by atoms with Crippen molar-refractivity contribution in [3.8, 4) is 6.07 Å². The molecule has 1 aromatic carbocycles. The molecule has 0 unspecified atom stereocenters. The van der Waals surface area contributed by atoms with Crippen molar-refractivity contribution < 1.29 is 24.3 Å². The molecule has 0 radical (unpaired) electrons. The molecule has 4 atom stereocenters. The number of nitrogens with one attached hydrogen (secondary N) is 1. The standard InChI is InChI=1S/C17H21N3O4/c1-2-19-17(21)24-14-10-23-15-13(9-22-16(14)15)20-8-12-5-3-4-11(6-12)7-18/h3-6,13-16,20H,2,8-10H2,1H3,(H,19,21)/p+1/t13-,14+,15+,16+/m0/s1. The van der Waals surface area contributed by atoms with Crippen LogP contribution in [0.25, 0.3) is 0 Å². The molecule has 2 fully saturated rings. The van der Waals surface area contributed by atoms with Crippen LogP contribution in [0.4, 0.5) is 4.79 Å². The number of rotatable bonds is 5. The summed E-state index contributed by atoms with van der Waals surface area (Å²) in [6, 6.07) is 9.88. The molecule has 0 spiro atoms. The molecule has 2 aliphatic rings. The van der Waals surface area contributed by atoms with Gasteiger partial charge in [0.2, 0.25) is 0 Å². The number of alkyl carbamates (subject to hydrolysis) is 1. The molecule has 3 N–H and O–H groups in total. The number of quaternary nitrogens is 1. The average Bonchev–Trinajstić information content (AvgIpc) is 3.17. The van der Waals surface area contributed by atoms with Crippen LogP contribution in [0.3, 0.4) is 0 Å². The Morgan fingerprint density at radius 3 is 3.04 bits per heavy atom. The summed E-state index contributed by atoms with van der Waals surface area (Å²) in [5.74, 6) is 0. The number of carbonyl (C=O) groups excluding carboxylic acids is 1. The summed E-state index contributed by atoms with van der Waals surface area (Å²) in [6.07, 6.45) is -1.08. The third-order valence-corrected chi connectivity index (χ3v) is 4.34. The first-order chi connectivity index (χ1) is 11.7. The quantitative estimate of drug-likeness (QED) is 0.785. The van der Waals surface area contributed by atoms with Gasteiger partial charge in [-0.15, -0.1) is 0 Å². The number of ether oxygens (including phenoxy) is 3. The van der Waals surface area contributed by atoms with Gasteiger partial charge in [-0.05, 0) is 19.1 Å². The van der Waals surface area contributed by atoms with E-state index in [9.17, 15) is 4.79 Å². The van der Waals surface area contributed by atoms with Crippen LogP contribution in [0.5, 0.6) is 0 Å². The third-order valence-electron chi connectivity index (χ3n) is 4.34. The van der Waals surface area contributed by atoms with Crippen LogP contribution in [0.2, 0.25) is 0 Å². The van der Waals surface area contributed by atoms with Crippen LogP contribution in [-0.2, 0) is 20.8 Å². The normalized spacial score (nSPS) is 28.2. The van der Waals surface area contributed by atoms with Gasteiger partial charge in [-0.2, -0.15) is 5.26 Å². The van der Waals surface area contributed by atoms with Gasteiger partial charge in [0.05, 0.1) is 18.2 Å². The summed E-state index contributed by atoms with van der Waals surface area (Å²) in [6.45, 7) is 4.04. The monoisotopic (exact) mass is 332 g/mol. The Morgan fingerprint density at radius 2 is 2.25 bits per heavy atom. The Balaban J connectivity index is 1.53. The van der Waals surface area contributed by atoms with E-state index in [0.29, 0.717) is 25.3 Å². The zero-order valence-electron chi connectivity index (χ0n) is 13.6. The molecule has 2 heterocycles. The summed E-state index contributed by atoms with van der Waals surface area (Å²) in [7, 11) is 0. The van der Waals surface area contributed by atoms with Crippen LogP contribution < -0.4 is 10.6 Å². The van der Waals surface area contributed by atoms with E-state index in [0.717, 1.165) is 12.1 Å². The molecule has 7 nitrogen and oxygen atoms in total. The molecule has 0 bridgehead atoms. The molecule has 2 saturated heterocycles. The van der Waals surface area contributed by atoms with Crippen molar-refractivity contribution in [1.82, 2.24) is 5.32 Å². The van der Waals surface area contributed by atoms with Gasteiger partial charge in [-0.3, -0.25) is 0 Å². The number of benzene rings is 1. The highest BCUT2D eigenvalue weighted by atomic mass is 16.6. The number of amides is 1. The molecule has 1 aromatic rings. The molecule has 7 heteroatoms. The fourth-order valence-electron chi connectivity index (χ4n) is 3.18. The predicted molar refractivity (Wildman–Crippen MR) is 84.0 cm³/mol. The Hall–Kier alpha value is -2.14. The Labute approximate surface area is 140 Å². The number of fused-ring (bicyclic) bond motifs is 1. The largest absolute Gasteiger partial charge is 0.441 e. The number of carbonyl (C=O) groups is 1. The van der Waals surface area contributed by atoms with Gasteiger partial charge in [0.15, 0.2) is 6.10 Å². The predicted octanol–water partition coefficient (Wildman–Crippen LogP) is -0.0974. The van der Waals surface area contributed by atoms with E-state index in [1.807, 2.05) is 25.1 Å². The van der Waals surface area contributed by atoms with Gasteiger partial charge >= 0.3 is 6.09 Å². The van der Waals surface area contributed by atoms with Gasteiger partial charge in [0.1, 0.15) is 31.4 Å². The number of nitriles is 1. The van der Waals surface area contributed by atoms with Gasteiger partial charge in [0, 0.05) is 12.1 Å². The molecule has 3 rings (SSSR count). The zero-order chi connectivity index (χ0) is 16.9. The third kappa shape index (κ3) is 3.67. The smallest absolute Gasteiger partial charge is 0.407 e. The maximum atomic E-state index is 11.6. The Bertz CT molecular complexity index is 631. The van der Waals surface area contributed by atoms with Crippen LogP contribution in [0.15, 0.2) is 24.3 Å². The van der Waals surface area contributed by atoms with Gasteiger partial charge in [0.25, 0.3) is 0 Å². The second-order valence-corrected chi connectivity index (χ2v) is 5.99. The lowest BCUT2D eigenvalue weighted by molar-refractivity contribution is -0.707. The van der Waals surface area contributed by atoms with E-state index in [1.54, 1.807) is 6.07 Å². The summed E-state index contributed by atoms with van der Waals surface area (Å²) < 4.78 is 17.0. The van der Waals surface area contributed by atoms with E-state index in [1.165, 1.54) is 0 Å². The van der Waals surface area contributed by atoms with Crippen molar-refractivity contribution >= 4 is 6.09 Å². The SMILES string of the molecule is CCNC(=O)O[C@@H]1CO[C@H]2[C@@H]1OC[C@@H]2[NH2+]Cc1cccc(C#N)c1. The topological polar surface area (TPSA) is 97.2 Å². The van der Waals surface area contributed by atoms with Crippen LogP contribution in [-0.4, -0.2) is 50.2 Å². The molecule has 128 valence electrons. The second kappa shape index (κ2) is 7.62. The van der Waals surface area contributed by atoms with Crippen molar-refractivity contribution in [3.63, 3.8) is 0 Å². The lowest BCUT2D eigenvalue weighted by atomic mass is 10.1. The minimum absolute atomic E-state index is 0.0800. The lowest BCUT2D eigenvalue weighted by Crippen LogP contribution is -2.91. The van der Waals surface area contributed by atoms with Gasteiger partial charge in [-0.1, -0.05) is 12.1 Å². The lowest BCUT2D eigenvalue weighted by Gasteiger charge is -2.16. The molecule has 0 aliphatic carbocycles. The first-order valence-corrected chi connectivity index (χ1v) is 8.21. The van der Waals surface area contributed by atoms with Crippen LogP contribution in [0.1, 0.15) is 18.1 Å². The highest BCUT2D eigenvalue weighted by Crippen LogP contribution is 2.27. The number of hydrogen-bond donors (Lipinski definition) is 2. The molecule has 24 heavy (non-hydrogen) atoms. The summed E-state index contributed by atoms with van der Waals surface area (Å²) in [4.78, 5) is 11.6.